The van der Waals surface area contributed by atoms with Crippen molar-refractivity contribution in [2.45, 2.75) is 6.92 Å². The number of hydrogen-bond acceptors (Lipinski definition) is 1. The van der Waals surface area contributed by atoms with Crippen LogP contribution >= 0.6 is 0 Å². The predicted molar refractivity (Wildman–Crippen MR) is 30.4 cm³/mol. The van der Waals surface area contributed by atoms with E-state index in [1.54, 1.807) is 0 Å². The molecular formula is C2H8BaO2PbTi. The quantitative estimate of drug-likeness (QED) is 0.440. The second kappa shape index (κ2) is 15.9. The van der Waals surface area contributed by atoms with Gasteiger partial charge >= 0.3 is 76.2 Å². The Kier molecular flexibility index (Phi) is 51.2. The first-order valence-electron chi connectivity index (χ1n) is 0.928. The van der Waals surface area contributed by atoms with E-state index in [1.807, 2.05) is 0 Å². The Hall–Kier alpha value is 2.68. The average Bonchev–Trinajstić information content (AvgIpc) is 0.811. The molecule has 0 rings (SSSR count). The van der Waals surface area contributed by atoms with Crippen molar-refractivity contribution in [1.82, 2.24) is 0 Å². The maximum absolute atomic E-state index is 9.00. The Balaban J connectivity index is -0.0000000150. The summed E-state index contributed by atoms with van der Waals surface area (Å²) in [5, 5.41) is 7.42. The normalized spacial score (nSPS) is 3.57. The van der Waals surface area contributed by atoms with E-state index in [4.69, 9.17) is 9.90 Å². The Morgan fingerprint density at radius 3 is 1.57 bits per heavy atom. The van der Waals surface area contributed by atoms with Gasteiger partial charge in [-0.2, -0.15) is 0 Å². The fraction of sp³-hybridized carbons (Fsp3) is 0.500. The minimum absolute atomic E-state index is 0. The zero-order valence-corrected chi connectivity index (χ0v) is 10.6. The van der Waals surface area contributed by atoms with E-state index >= 15 is 0 Å². The molecule has 0 aliphatic rings. The smallest absolute Gasteiger partial charge is 0 e. The second-order valence-corrected chi connectivity index (χ2v) is 0.519. The van der Waals surface area contributed by atoms with Crippen LogP contribution in [0.3, 0.4) is 0 Å². The van der Waals surface area contributed by atoms with Crippen molar-refractivity contribution < 1.29 is 31.6 Å². The van der Waals surface area contributed by atoms with Crippen LogP contribution in [0.2, 0.25) is 0 Å². The van der Waals surface area contributed by atoms with Gasteiger partial charge in [-0.1, -0.05) is 0 Å². The number of aliphatic carboxylic acids is 1. The molecule has 0 saturated heterocycles. The van der Waals surface area contributed by atoms with Gasteiger partial charge in [-0.3, -0.25) is 4.79 Å². The minimum atomic E-state index is -0.833. The zero-order chi connectivity index (χ0) is 3.58. The average molecular weight is 456 g/mol. The summed E-state index contributed by atoms with van der Waals surface area (Å²) in [6, 6.07) is 0. The molecule has 0 aliphatic heterocycles. The third-order valence-corrected chi connectivity index (χ3v) is 0. The van der Waals surface area contributed by atoms with Gasteiger partial charge in [0, 0.05) is 28.6 Å². The molecule has 0 bridgehead atoms. The summed E-state index contributed by atoms with van der Waals surface area (Å²) in [5.41, 5.74) is 0. The maximum Gasteiger partial charge on any atom is 0 e. The Morgan fingerprint density at radius 2 is 1.57 bits per heavy atom. The molecule has 0 atom stereocenters. The van der Waals surface area contributed by atoms with Crippen LogP contribution in [0, 0.1) is 0 Å². The third-order valence-electron chi connectivity index (χ3n) is 0. The van der Waals surface area contributed by atoms with Gasteiger partial charge in [0.15, 0.2) is 0 Å². The van der Waals surface area contributed by atoms with Crippen LogP contribution in [0.1, 0.15) is 6.92 Å². The molecule has 2 radical (unpaired) electrons. The number of hydrogen-bond donors (Lipinski definition) is 1. The first-order chi connectivity index (χ1) is 1.73. The number of rotatable bonds is 0. The van der Waals surface area contributed by atoms with Gasteiger partial charge in [-0.15, -0.1) is 0 Å². The molecule has 0 amide bonds. The molecule has 0 heterocycles. The van der Waals surface area contributed by atoms with Crippen molar-refractivity contribution in [3.63, 3.8) is 0 Å². The van der Waals surface area contributed by atoms with Crippen LogP contribution in [-0.2, 0) is 26.5 Å². The third kappa shape index (κ3) is 54.0. The number of carbonyl (C=O) groups is 1. The molecule has 7 heavy (non-hydrogen) atoms. The van der Waals surface area contributed by atoms with E-state index in [2.05, 4.69) is 0 Å². The molecule has 0 unspecified atom stereocenters. The van der Waals surface area contributed by atoms with Gasteiger partial charge in [0.2, 0.25) is 0 Å². The summed E-state index contributed by atoms with van der Waals surface area (Å²) in [5.74, 6) is -0.833. The molecule has 5 heteroatoms. The molecule has 1 N–H and O–H groups in total. The van der Waals surface area contributed by atoms with Gasteiger partial charge in [0.25, 0.3) is 5.97 Å². The fourth-order valence-corrected chi connectivity index (χ4v) is 0. The van der Waals surface area contributed by atoms with Gasteiger partial charge in [-0.25, -0.2) is 0 Å². The number of carboxylic acid groups (broad SMARTS) is 1. The summed E-state index contributed by atoms with van der Waals surface area (Å²) in [7, 11) is 0. The van der Waals surface area contributed by atoms with Crippen molar-refractivity contribution in [3.8, 4) is 0 Å². The van der Waals surface area contributed by atoms with E-state index < -0.39 is 5.97 Å². The monoisotopic (exact) mass is 458 g/mol. The van der Waals surface area contributed by atoms with E-state index in [1.165, 1.54) is 0 Å². The second-order valence-electron chi connectivity index (χ2n) is 0.519. The van der Waals surface area contributed by atoms with Gasteiger partial charge in [0.1, 0.15) is 0 Å². The summed E-state index contributed by atoms with van der Waals surface area (Å²) in [6.07, 6.45) is 0. The number of carboxylic acids is 1. The van der Waals surface area contributed by atoms with Crippen molar-refractivity contribution >= 4 is 82.1 Å². The van der Waals surface area contributed by atoms with E-state index in [9.17, 15) is 0 Å². The summed E-state index contributed by atoms with van der Waals surface area (Å²) >= 11 is 0. The van der Waals surface area contributed by atoms with Crippen molar-refractivity contribution in [3.05, 3.63) is 0 Å². The summed E-state index contributed by atoms with van der Waals surface area (Å²) in [4.78, 5) is 9.00. The van der Waals surface area contributed by atoms with Crippen molar-refractivity contribution in [2.75, 3.05) is 0 Å². The molecule has 0 spiro atoms. The molecule has 0 aromatic carbocycles. The Morgan fingerprint density at radius 1 is 1.57 bits per heavy atom. The van der Waals surface area contributed by atoms with Crippen LogP contribution in [0.4, 0.5) is 0 Å². The fourth-order valence-electron chi connectivity index (χ4n) is 0. The Labute approximate surface area is 118 Å². The molecule has 38 valence electrons. The molecular weight excluding hydrogens is 448 g/mol. The standard InChI is InChI=1S/C2H4O2.Ba.Pb.Ti.4H/c1-2(3)4;;;;;;;/h1H3,(H,3,4);;;;;;;. The molecule has 2 nitrogen and oxygen atoms in total. The minimum Gasteiger partial charge on any atom is 0 e. The summed E-state index contributed by atoms with van der Waals surface area (Å²) in [6.45, 7) is 1.08. The topological polar surface area (TPSA) is 37.3 Å². The van der Waals surface area contributed by atoms with Crippen LogP contribution in [0.5, 0.6) is 0 Å². The van der Waals surface area contributed by atoms with Crippen LogP contribution in [-0.4, -0.2) is 87.3 Å². The van der Waals surface area contributed by atoms with E-state index in [-0.39, 0.29) is 97.9 Å². The SMILES string of the molecule is CC(=O)O.[BaH2].[PbH2].[Ti]. The first-order valence-corrected chi connectivity index (χ1v) is 0.928. The van der Waals surface area contributed by atoms with Gasteiger partial charge in [-0.05, 0) is 0 Å². The maximum atomic E-state index is 9.00. The van der Waals surface area contributed by atoms with Crippen LogP contribution < -0.4 is 0 Å². The van der Waals surface area contributed by atoms with Crippen molar-refractivity contribution in [1.29, 1.82) is 0 Å². The molecule has 0 aromatic heterocycles. The Bertz CT molecular complexity index is 38.7. The first kappa shape index (κ1) is 22.6. The van der Waals surface area contributed by atoms with Crippen molar-refractivity contribution in [2.24, 2.45) is 0 Å². The van der Waals surface area contributed by atoms with Gasteiger partial charge < -0.3 is 5.11 Å². The van der Waals surface area contributed by atoms with Crippen LogP contribution in [0.25, 0.3) is 0 Å². The molecule has 0 aliphatic carbocycles. The predicted octanol–water partition coefficient (Wildman–Crippen LogP) is -1.74. The molecule has 0 aromatic rings. The van der Waals surface area contributed by atoms with Gasteiger partial charge in [0.05, 0.1) is 0 Å². The molecule has 0 saturated carbocycles. The van der Waals surface area contributed by atoms with E-state index in [0.717, 1.165) is 6.92 Å². The van der Waals surface area contributed by atoms with Crippen LogP contribution in [0.15, 0.2) is 0 Å². The largest absolute Gasteiger partial charge is 0 e. The summed E-state index contributed by atoms with van der Waals surface area (Å²) < 4.78 is 0. The van der Waals surface area contributed by atoms with E-state index in [0.29, 0.717) is 0 Å². The zero-order valence-electron chi connectivity index (χ0n) is 3.56. The molecule has 0 fully saturated rings.